The summed E-state index contributed by atoms with van der Waals surface area (Å²) in [6.07, 6.45) is 5.14. The molecule has 0 amide bonds. The van der Waals surface area contributed by atoms with Gasteiger partial charge in [0.2, 0.25) is 0 Å². The molecule has 0 aromatic rings. The van der Waals surface area contributed by atoms with Crippen LogP contribution in [-0.2, 0) is 4.79 Å². The summed E-state index contributed by atoms with van der Waals surface area (Å²) in [6.45, 7) is 9.09. The number of hydrogen-bond acceptors (Lipinski definition) is 1. The summed E-state index contributed by atoms with van der Waals surface area (Å²) in [5, 5.41) is 0. The van der Waals surface area contributed by atoms with Crippen molar-refractivity contribution in [3.8, 4) is 11.5 Å². The number of rotatable bonds is 3. The van der Waals surface area contributed by atoms with Gasteiger partial charge in [-0.25, -0.2) is 0 Å². The van der Waals surface area contributed by atoms with Crippen molar-refractivity contribution in [1.29, 1.82) is 0 Å². The van der Waals surface area contributed by atoms with Crippen molar-refractivity contribution in [3.63, 3.8) is 0 Å². The zero-order valence-electron chi connectivity index (χ0n) is 11.4. The normalized spacial score (nSPS) is 29.0. The maximum atomic E-state index is 11.6. The Morgan fingerprint density at radius 2 is 2.12 bits per heavy atom. The molecule has 1 fully saturated rings. The highest BCUT2D eigenvalue weighted by Gasteiger charge is 2.42. The number of unbranched alkanes of at least 4 members (excludes halogenated alkanes) is 1. The Hall–Kier alpha value is 0.177. The van der Waals surface area contributed by atoms with Crippen LogP contribution in [0.3, 0.4) is 0 Å². The van der Waals surface area contributed by atoms with Crippen LogP contribution in [-0.4, -0.2) is 17.8 Å². The van der Waals surface area contributed by atoms with Crippen molar-refractivity contribution in [2.24, 2.45) is 5.41 Å². The highest BCUT2D eigenvalue weighted by atomic mass is 127. The Morgan fingerprint density at radius 3 is 2.59 bits per heavy atom. The van der Waals surface area contributed by atoms with Gasteiger partial charge >= 0.3 is 0 Å². The molecule has 17 heavy (non-hydrogen) atoms. The lowest BCUT2D eigenvalue weighted by Crippen LogP contribution is -2.25. The summed E-state index contributed by atoms with van der Waals surface area (Å²) in [6, 6.07) is 0. The van der Waals surface area contributed by atoms with Crippen LogP contribution in [0, 0.1) is 16.9 Å². The largest absolute Gasteiger partial charge is 0.299 e. The molecule has 1 nitrogen and oxygen atoms in total. The van der Waals surface area contributed by atoms with Crippen LogP contribution in [0.2, 0.25) is 19.6 Å². The third kappa shape index (κ3) is 4.74. The monoisotopic (exact) mass is 362 g/mol. The molecule has 1 saturated carbocycles. The quantitative estimate of drug-likeness (QED) is 0.242. The highest BCUT2D eigenvalue weighted by Crippen LogP contribution is 2.44. The van der Waals surface area contributed by atoms with Gasteiger partial charge in [0.15, 0.2) is 0 Å². The van der Waals surface area contributed by atoms with Gasteiger partial charge in [0.25, 0.3) is 0 Å². The average molecular weight is 362 g/mol. The number of halogens is 1. The summed E-state index contributed by atoms with van der Waals surface area (Å²) < 4.78 is 0.227. The van der Waals surface area contributed by atoms with E-state index in [9.17, 15) is 4.79 Å². The molecular weight excluding hydrogens is 339 g/mol. The molecule has 96 valence electrons. The van der Waals surface area contributed by atoms with E-state index in [4.69, 9.17) is 0 Å². The molecule has 3 heteroatoms. The minimum Gasteiger partial charge on any atom is -0.299 e. The van der Waals surface area contributed by atoms with E-state index in [1.54, 1.807) is 0 Å². The topological polar surface area (TPSA) is 17.1 Å². The number of carbonyl (C=O) groups excluding carboxylic acids is 1. The lowest BCUT2D eigenvalue weighted by Gasteiger charge is -2.26. The van der Waals surface area contributed by atoms with E-state index in [-0.39, 0.29) is 9.34 Å². The van der Waals surface area contributed by atoms with Crippen LogP contribution in [0.25, 0.3) is 0 Å². The second kappa shape index (κ2) is 5.88. The number of hydrogen-bond donors (Lipinski definition) is 0. The van der Waals surface area contributed by atoms with E-state index in [1.165, 1.54) is 0 Å². The van der Waals surface area contributed by atoms with Crippen molar-refractivity contribution in [1.82, 2.24) is 0 Å². The van der Waals surface area contributed by atoms with Gasteiger partial charge in [0.1, 0.15) is 13.9 Å². The summed E-state index contributed by atoms with van der Waals surface area (Å²) in [4.78, 5) is 11.6. The fourth-order valence-corrected chi connectivity index (χ4v) is 3.80. The van der Waals surface area contributed by atoms with Gasteiger partial charge in [-0.05, 0) is 24.7 Å². The van der Waals surface area contributed by atoms with Crippen LogP contribution in [0.5, 0.6) is 0 Å². The van der Waals surface area contributed by atoms with Crippen LogP contribution in [0.4, 0.5) is 0 Å². The van der Waals surface area contributed by atoms with Crippen LogP contribution >= 0.6 is 22.6 Å². The summed E-state index contributed by atoms with van der Waals surface area (Å²) in [7, 11) is -1.20. The summed E-state index contributed by atoms with van der Waals surface area (Å²) in [5.41, 5.74) is 3.63. The summed E-state index contributed by atoms with van der Waals surface area (Å²) >= 11 is 2.33. The molecule has 0 radical (unpaired) electrons. The molecule has 1 aliphatic rings. The zero-order valence-corrected chi connectivity index (χ0v) is 14.6. The van der Waals surface area contributed by atoms with Crippen molar-refractivity contribution >= 4 is 36.4 Å². The second-order valence-corrected chi connectivity index (χ2v) is 12.4. The lowest BCUT2D eigenvalue weighted by molar-refractivity contribution is -0.117. The predicted octanol–water partition coefficient (Wildman–Crippen LogP) is 4.21. The van der Waals surface area contributed by atoms with E-state index < -0.39 is 8.07 Å². The molecule has 1 rings (SSSR count). The van der Waals surface area contributed by atoms with E-state index >= 15 is 0 Å². The van der Waals surface area contributed by atoms with Gasteiger partial charge in [-0.1, -0.05) is 49.2 Å². The summed E-state index contributed by atoms with van der Waals surface area (Å²) in [5.74, 6) is 3.76. The second-order valence-electron chi connectivity index (χ2n) is 6.39. The molecule has 0 aliphatic heterocycles. The minimum absolute atomic E-state index is 0.227. The molecule has 1 aliphatic carbocycles. The van der Waals surface area contributed by atoms with Crippen LogP contribution in [0.1, 0.15) is 39.0 Å². The Kier molecular flexibility index (Phi) is 5.27. The van der Waals surface area contributed by atoms with Gasteiger partial charge in [-0.15, -0.1) is 11.5 Å². The first-order chi connectivity index (χ1) is 7.75. The predicted molar refractivity (Wildman–Crippen MR) is 85.1 cm³/mol. The number of Topliss-reactive ketones (excluding diaryl/α,β-unsaturated/α-hetero) is 1. The van der Waals surface area contributed by atoms with Crippen molar-refractivity contribution in [2.45, 2.75) is 62.6 Å². The molecule has 0 aromatic carbocycles. The fraction of sp³-hybridized carbons (Fsp3) is 0.786. The van der Waals surface area contributed by atoms with E-state index in [0.717, 1.165) is 32.1 Å². The van der Waals surface area contributed by atoms with Gasteiger partial charge < -0.3 is 0 Å². The third-order valence-corrected chi connectivity index (χ3v) is 6.48. The molecule has 0 bridgehead atoms. The number of carbonyl (C=O) groups is 1. The highest BCUT2D eigenvalue weighted by molar-refractivity contribution is 14.1. The number of alkyl halides is 1. The maximum absolute atomic E-state index is 11.6. The van der Waals surface area contributed by atoms with Gasteiger partial charge in [0, 0.05) is 12.8 Å². The van der Waals surface area contributed by atoms with Gasteiger partial charge in [-0.3, -0.25) is 4.79 Å². The Balaban J connectivity index is 2.36. The van der Waals surface area contributed by atoms with Crippen molar-refractivity contribution < 1.29 is 4.79 Å². The van der Waals surface area contributed by atoms with E-state index in [1.807, 2.05) is 0 Å². The number of ketones is 1. The molecule has 0 aromatic heterocycles. The first kappa shape index (κ1) is 15.2. The molecule has 2 unspecified atom stereocenters. The molecule has 0 saturated heterocycles. The van der Waals surface area contributed by atoms with Gasteiger partial charge in [-0.2, -0.15) is 0 Å². The molecular formula is C14H23IOSi. The van der Waals surface area contributed by atoms with Crippen molar-refractivity contribution in [3.05, 3.63) is 0 Å². The fourth-order valence-electron chi connectivity index (χ4n) is 2.21. The van der Waals surface area contributed by atoms with Gasteiger partial charge in [0.05, 0.1) is 3.92 Å². The Labute approximate surface area is 120 Å². The van der Waals surface area contributed by atoms with Crippen LogP contribution in [0.15, 0.2) is 0 Å². The molecule has 0 spiro atoms. The maximum Gasteiger partial charge on any atom is 0.146 e. The Bertz CT molecular complexity index is 347. The Morgan fingerprint density at radius 1 is 1.47 bits per heavy atom. The van der Waals surface area contributed by atoms with E-state index in [0.29, 0.717) is 5.78 Å². The van der Waals surface area contributed by atoms with Crippen LogP contribution < -0.4 is 0 Å². The van der Waals surface area contributed by atoms with E-state index in [2.05, 4.69) is 60.6 Å². The first-order valence-electron chi connectivity index (χ1n) is 6.41. The first-order valence-corrected chi connectivity index (χ1v) is 11.2. The molecule has 0 heterocycles. The average Bonchev–Trinajstić information content (AvgIpc) is 2.45. The smallest absolute Gasteiger partial charge is 0.146 e. The third-order valence-electron chi connectivity index (χ3n) is 3.35. The standard InChI is InChI=1S/C14H23IOSi/c1-14(10-8-12(16)13(14)15)9-6-5-7-11-17(2,3)4/h13H,5-6,8-10H2,1-4H3. The zero-order chi connectivity index (χ0) is 13.1. The molecule has 2 atom stereocenters. The lowest BCUT2D eigenvalue weighted by atomic mass is 9.83. The molecule has 0 N–H and O–H groups in total. The minimum atomic E-state index is -1.20. The van der Waals surface area contributed by atoms with Crippen molar-refractivity contribution in [2.75, 3.05) is 0 Å². The SMILES string of the molecule is CC1(CCCC#C[Si](C)(C)C)CCC(=O)C1I.